The average Bonchev–Trinajstić information content (AvgIpc) is 3.16. The van der Waals surface area contributed by atoms with Crippen molar-refractivity contribution in [2.75, 3.05) is 6.54 Å². The molecule has 0 spiro atoms. The Labute approximate surface area is 187 Å². The summed E-state index contributed by atoms with van der Waals surface area (Å²) in [5.41, 5.74) is 2.50. The molecule has 4 aliphatic carbocycles. The van der Waals surface area contributed by atoms with E-state index in [1.807, 2.05) is 34.9 Å². The highest BCUT2D eigenvalue weighted by Crippen LogP contribution is 2.59. The summed E-state index contributed by atoms with van der Waals surface area (Å²) in [5.74, 6) is 1.52. The van der Waals surface area contributed by atoms with Crippen LogP contribution in [-0.2, 0) is 0 Å². The average molecular weight is 429 g/mol. The van der Waals surface area contributed by atoms with Crippen molar-refractivity contribution in [1.29, 1.82) is 0 Å². The lowest BCUT2D eigenvalue weighted by atomic mass is 9.49. The minimum atomic E-state index is -0.980. The van der Waals surface area contributed by atoms with Gasteiger partial charge in [-0.1, -0.05) is 30.3 Å². The number of aromatic nitrogens is 1. The fraction of sp³-hybridized carbons (Fsp3) is 0.407. The van der Waals surface area contributed by atoms with Crippen molar-refractivity contribution in [3.05, 3.63) is 65.9 Å². The minimum absolute atomic E-state index is 0.0662. The van der Waals surface area contributed by atoms with Crippen LogP contribution in [0.4, 0.5) is 0 Å². The molecule has 0 radical (unpaired) electrons. The Kier molecular flexibility index (Phi) is 4.42. The molecular weight excluding hydrogens is 400 g/mol. The Morgan fingerprint density at radius 2 is 1.53 bits per heavy atom. The number of nitrogens with one attached hydrogen (secondary N) is 1. The van der Waals surface area contributed by atoms with E-state index < -0.39 is 5.97 Å². The second-order valence-corrected chi connectivity index (χ2v) is 10.4. The van der Waals surface area contributed by atoms with Crippen LogP contribution in [-0.4, -0.2) is 28.1 Å². The van der Waals surface area contributed by atoms with E-state index in [0.29, 0.717) is 11.3 Å². The van der Waals surface area contributed by atoms with E-state index in [1.54, 1.807) is 24.4 Å². The van der Waals surface area contributed by atoms with Crippen molar-refractivity contribution in [1.82, 2.24) is 9.88 Å². The van der Waals surface area contributed by atoms with Gasteiger partial charge in [-0.3, -0.25) is 4.79 Å². The molecule has 5 heteroatoms. The number of amides is 1. The number of hydrogen-bond donors (Lipinski definition) is 2. The molecule has 4 fully saturated rings. The molecule has 2 N–H and O–H groups in total. The van der Waals surface area contributed by atoms with E-state index >= 15 is 0 Å². The third kappa shape index (κ3) is 3.14. The summed E-state index contributed by atoms with van der Waals surface area (Å²) in [6.07, 6.45) is 9.74. The predicted octanol–water partition coefficient (Wildman–Crippen LogP) is 5.27. The normalized spacial score (nSPS) is 28.2. The van der Waals surface area contributed by atoms with Gasteiger partial charge in [0.05, 0.1) is 22.3 Å². The molecule has 0 aliphatic heterocycles. The molecule has 0 saturated heterocycles. The quantitative estimate of drug-likeness (QED) is 0.581. The molecule has 4 aliphatic rings. The Hall–Kier alpha value is -3.08. The Balaban J connectivity index is 1.32. The first-order chi connectivity index (χ1) is 15.5. The zero-order chi connectivity index (χ0) is 21.9. The zero-order valence-corrected chi connectivity index (χ0v) is 18.1. The number of nitrogens with zero attached hydrogens (tertiary/aromatic N) is 1. The number of fused-ring (bicyclic) bond motifs is 1. The lowest BCUT2D eigenvalue weighted by Gasteiger charge is -2.56. The molecule has 5 nitrogen and oxygen atoms in total. The molecule has 2 aromatic carbocycles. The van der Waals surface area contributed by atoms with Crippen molar-refractivity contribution < 1.29 is 14.7 Å². The Bertz CT molecular complexity index is 1190. The first kappa shape index (κ1) is 19.6. The van der Waals surface area contributed by atoms with E-state index in [1.165, 1.54) is 38.5 Å². The Morgan fingerprint density at radius 1 is 0.906 bits per heavy atom. The second kappa shape index (κ2) is 7.22. The third-order valence-electron chi connectivity index (χ3n) is 8.14. The molecule has 1 aromatic heterocycles. The highest BCUT2D eigenvalue weighted by atomic mass is 16.4. The maximum atomic E-state index is 13.4. The smallest absolute Gasteiger partial charge is 0.337 e. The molecule has 1 heterocycles. The number of rotatable bonds is 5. The van der Waals surface area contributed by atoms with Gasteiger partial charge in [0.15, 0.2) is 0 Å². The van der Waals surface area contributed by atoms with Crippen LogP contribution >= 0.6 is 0 Å². The van der Waals surface area contributed by atoms with E-state index in [-0.39, 0.29) is 16.9 Å². The van der Waals surface area contributed by atoms with E-state index in [2.05, 4.69) is 5.32 Å². The molecule has 4 saturated carbocycles. The highest BCUT2D eigenvalue weighted by Gasteiger charge is 2.50. The van der Waals surface area contributed by atoms with Crippen LogP contribution < -0.4 is 5.32 Å². The van der Waals surface area contributed by atoms with Crippen LogP contribution in [0.2, 0.25) is 0 Å². The van der Waals surface area contributed by atoms with Crippen LogP contribution in [0.15, 0.2) is 54.7 Å². The fourth-order valence-corrected chi connectivity index (χ4v) is 7.29. The molecule has 164 valence electrons. The largest absolute Gasteiger partial charge is 0.478 e. The van der Waals surface area contributed by atoms with Gasteiger partial charge in [0.25, 0.3) is 5.91 Å². The van der Waals surface area contributed by atoms with Gasteiger partial charge < -0.3 is 15.0 Å². The molecule has 4 bridgehead atoms. The van der Waals surface area contributed by atoms with Gasteiger partial charge in [-0.05, 0) is 79.9 Å². The first-order valence-corrected chi connectivity index (χ1v) is 11.7. The molecule has 0 atom stereocenters. The van der Waals surface area contributed by atoms with Crippen molar-refractivity contribution in [2.24, 2.45) is 23.2 Å². The number of carboxylic acid groups (broad SMARTS) is 1. The number of carbonyl (C=O) groups excluding carboxylic acids is 1. The van der Waals surface area contributed by atoms with Crippen LogP contribution in [0.5, 0.6) is 0 Å². The zero-order valence-electron chi connectivity index (χ0n) is 18.1. The van der Waals surface area contributed by atoms with Gasteiger partial charge in [0.1, 0.15) is 0 Å². The van der Waals surface area contributed by atoms with Gasteiger partial charge >= 0.3 is 5.97 Å². The van der Waals surface area contributed by atoms with E-state index in [4.69, 9.17) is 0 Å². The maximum absolute atomic E-state index is 13.4. The molecule has 1 amide bonds. The summed E-state index contributed by atoms with van der Waals surface area (Å²) in [5, 5.41) is 13.8. The van der Waals surface area contributed by atoms with Crippen molar-refractivity contribution in [3.63, 3.8) is 0 Å². The predicted molar refractivity (Wildman–Crippen MR) is 123 cm³/mol. The van der Waals surface area contributed by atoms with Crippen LogP contribution in [0.1, 0.15) is 59.2 Å². The maximum Gasteiger partial charge on any atom is 0.337 e. The van der Waals surface area contributed by atoms with Gasteiger partial charge in [0, 0.05) is 18.1 Å². The fourth-order valence-electron chi connectivity index (χ4n) is 7.29. The minimum Gasteiger partial charge on any atom is -0.478 e. The van der Waals surface area contributed by atoms with Gasteiger partial charge in [-0.25, -0.2) is 4.79 Å². The summed E-state index contributed by atoms with van der Waals surface area (Å²) in [7, 11) is 0. The summed E-state index contributed by atoms with van der Waals surface area (Å²) in [6.45, 7) is 0.751. The summed E-state index contributed by atoms with van der Waals surface area (Å²) in [4.78, 5) is 25.2. The lowest BCUT2D eigenvalue weighted by Crippen LogP contribution is -2.51. The number of carboxylic acids is 1. The number of benzene rings is 2. The van der Waals surface area contributed by atoms with E-state index in [9.17, 15) is 14.7 Å². The summed E-state index contributed by atoms with van der Waals surface area (Å²) < 4.78 is 1.83. The lowest BCUT2D eigenvalue weighted by molar-refractivity contribution is -0.0503. The summed E-state index contributed by atoms with van der Waals surface area (Å²) >= 11 is 0. The van der Waals surface area contributed by atoms with Crippen LogP contribution in [0.25, 0.3) is 16.6 Å². The highest BCUT2D eigenvalue weighted by molar-refractivity contribution is 6.08. The second-order valence-electron chi connectivity index (χ2n) is 10.4. The van der Waals surface area contributed by atoms with Crippen molar-refractivity contribution >= 4 is 22.8 Å². The number of para-hydroxylation sites is 2. The number of aromatic carboxylic acids is 1. The monoisotopic (exact) mass is 428 g/mol. The SMILES string of the molecule is O=C(O)c1ccccc1-n1cc(C(=O)NCC23CC4CC(CC(C4)C2)C3)c2ccccc21. The number of carbonyl (C=O) groups is 2. The third-order valence-corrected chi connectivity index (χ3v) is 8.14. The molecule has 7 rings (SSSR count). The van der Waals surface area contributed by atoms with E-state index in [0.717, 1.165) is 35.2 Å². The van der Waals surface area contributed by atoms with Gasteiger partial charge in [-0.2, -0.15) is 0 Å². The van der Waals surface area contributed by atoms with Crippen molar-refractivity contribution in [3.8, 4) is 5.69 Å². The first-order valence-electron chi connectivity index (χ1n) is 11.7. The Morgan fingerprint density at radius 3 is 2.22 bits per heavy atom. The molecule has 3 aromatic rings. The molecule has 32 heavy (non-hydrogen) atoms. The van der Waals surface area contributed by atoms with Crippen molar-refractivity contribution in [2.45, 2.75) is 38.5 Å². The van der Waals surface area contributed by atoms with Gasteiger partial charge in [0.2, 0.25) is 0 Å². The summed E-state index contributed by atoms with van der Waals surface area (Å²) in [6, 6.07) is 14.6. The van der Waals surface area contributed by atoms with Crippen LogP contribution in [0.3, 0.4) is 0 Å². The molecule has 0 unspecified atom stereocenters. The van der Waals surface area contributed by atoms with Gasteiger partial charge in [-0.15, -0.1) is 0 Å². The number of hydrogen-bond acceptors (Lipinski definition) is 2. The standard InChI is InChI=1S/C27H28N2O3/c30-25(28-16-27-12-17-9-18(13-27)11-19(10-17)14-27)22-15-29(23-7-3-1-5-20(22)23)24-8-4-2-6-21(24)26(31)32/h1-8,15,17-19H,9-14,16H2,(H,28,30)(H,31,32). The van der Waals surface area contributed by atoms with Crippen LogP contribution in [0, 0.1) is 23.2 Å². The molecular formula is C27H28N2O3. The topological polar surface area (TPSA) is 71.3 Å².